The van der Waals surface area contributed by atoms with E-state index in [0.29, 0.717) is 25.6 Å². The largest absolute Gasteiger partial charge is 0.433 e. The summed E-state index contributed by atoms with van der Waals surface area (Å²) in [6.07, 6.45) is -2.52. The molecule has 0 spiro atoms. The Morgan fingerprint density at radius 3 is 2.74 bits per heavy atom. The number of nitrogens with two attached hydrogens (primary N) is 1. The number of rotatable bonds is 8. The Balaban J connectivity index is 0.00000364. The second-order valence-electron chi connectivity index (χ2n) is 5.69. The van der Waals surface area contributed by atoms with Crippen molar-refractivity contribution in [3.05, 3.63) is 18.0 Å². The van der Waals surface area contributed by atoms with E-state index >= 15 is 0 Å². The Morgan fingerprint density at radius 2 is 2.04 bits per heavy atom. The number of aliphatic imine (C=N–C) groups is 1. The molecule has 1 aromatic rings. The van der Waals surface area contributed by atoms with Gasteiger partial charge in [0.05, 0.1) is 13.2 Å². The first-order valence-corrected chi connectivity index (χ1v) is 8.43. The number of guanidine groups is 1. The highest BCUT2D eigenvalue weighted by atomic mass is 127. The maximum absolute atomic E-state index is 12.6. The molecule has 0 radical (unpaired) electrons. The van der Waals surface area contributed by atoms with Crippen molar-refractivity contribution >= 4 is 35.9 Å². The first kappa shape index (κ1) is 23.6. The summed E-state index contributed by atoms with van der Waals surface area (Å²) in [4.78, 5) is 13.7. The highest BCUT2D eigenvalue weighted by Gasteiger charge is 2.32. The Morgan fingerprint density at radius 1 is 1.30 bits per heavy atom. The van der Waals surface area contributed by atoms with Gasteiger partial charge in [-0.2, -0.15) is 13.2 Å². The summed E-state index contributed by atoms with van der Waals surface area (Å²) < 4.78 is 43.0. The summed E-state index contributed by atoms with van der Waals surface area (Å²) in [7, 11) is 0. The first-order chi connectivity index (χ1) is 12.4. The lowest BCUT2D eigenvalue weighted by Crippen LogP contribution is -2.37. The minimum atomic E-state index is -4.49. The summed E-state index contributed by atoms with van der Waals surface area (Å²) in [5.74, 6) is 0.224. The van der Waals surface area contributed by atoms with Crippen LogP contribution in [0.2, 0.25) is 0 Å². The van der Waals surface area contributed by atoms with Crippen LogP contribution in [0.4, 0.5) is 19.1 Å². The minimum Gasteiger partial charge on any atom is -0.379 e. The zero-order chi connectivity index (χ0) is 18.8. The number of hydrogen-bond acceptors (Lipinski definition) is 6. The molecule has 1 aliphatic heterocycles. The molecule has 2 rings (SSSR count). The van der Waals surface area contributed by atoms with Crippen LogP contribution in [0.5, 0.6) is 0 Å². The second kappa shape index (κ2) is 12.1. The number of hydrogen-bond donors (Lipinski definition) is 3. The van der Waals surface area contributed by atoms with E-state index in [1.165, 1.54) is 0 Å². The third-order valence-corrected chi connectivity index (χ3v) is 3.68. The van der Waals surface area contributed by atoms with Crippen molar-refractivity contribution in [2.24, 2.45) is 10.7 Å². The number of ether oxygens (including phenoxy) is 1. The number of aromatic nitrogens is 2. The highest BCUT2D eigenvalue weighted by Crippen LogP contribution is 2.27. The van der Waals surface area contributed by atoms with Gasteiger partial charge in [-0.15, -0.1) is 24.0 Å². The summed E-state index contributed by atoms with van der Waals surface area (Å²) >= 11 is 0. The van der Waals surface area contributed by atoms with Crippen LogP contribution in [0.25, 0.3) is 0 Å². The van der Waals surface area contributed by atoms with Gasteiger partial charge >= 0.3 is 6.18 Å². The molecule has 12 heteroatoms. The Labute approximate surface area is 173 Å². The van der Waals surface area contributed by atoms with Crippen molar-refractivity contribution in [1.29, 1.82) is 0 Å². The fourth-order valence-electron chi connectivity index (χ4n) is 2.34. The number of morpholine rings is 1. The Kier molecular flexibility index (Phi) is 10.6. The van der Waals surface area contributed by atoms with Crippen molar-refractivity contribution in [1.82, 2.24) is 20.2 Å². The number of alkyl halides is 3. The van der Waals surface area contributed by atoms with E-state index in [0.717, 1.165) is 51.5 Å². The summed E-state index contributed by atoms with van der Waals surface area (Å²) in [5.41, 5.74) is 4.77. The van der Waals surface area contributed by atoms with Gasteiger partial charge in [0.2, 0.25) is 5.95 Å². The molecule has 0 aliphatic carbocycles. The van der Waals surface area contributed by atoms with Crippen molar-refractivity contribution < 1.29 is 17.9 Å². The molecule has 0 unspecified atom stereocenters. The Bertz CT molecular complexity index is 583. The molecule has 27 heavy (non-hydrogen) atoms. The molecule has 0 atom stereocenters. The fraction of sp³-hybridized carbons (Fsp3) is 0.667. The summed E-state index contributed by atoms with van der Waals surface area (Å²) in [5, 5.41) is 5.60. The normalized spacial score (nSPS) is 15.9. The number of nitrogens with one attached hydrogen (secondary N) is 2. The quantitative estimate of drug-likeness (QED) is 0.212. The first-order valence-electron chi connectivity index (χ1n) is 8.43. The zero-order valence-electron chi connectivity index (χ0n) is 14.8. The van der Waals surface area contributed by atoms with Gasteiger partial charge < -0.3 is 21.1 Å². The molecule has 1 aromatic heterocycles. The molecule has 0 amide bonds. The van der Waals surface area contributed by atoms with Gasteiger partial charge in [0.1, 0.15) is 5.69 Å². The van der Waals surface area contributed by atoms with E-state index in [1.807, 2.05) is 0 Å². The molecule has 4 N–H and O–H groups in total. The van der Waals surface area contributed by atoms with Gasteiger partial charge in [-0.3, -0.25) is 9.89 Å². The van der Waals surface area contributed by atoms with E-state index in [9.17, 15) is 13.2 Å². The monoisotopic (exact) mass is 503 g/mol. The van der Waals surface area contributed by atoms with Crippen molar-refractivity contribution in [3.63, 3.8) is 0 Å². The van der Waals surface area contributed by atoms with E-state index in [-0.39, 0.29) is 29.9 Å². The van der Waals surface area contributed by atoms with Gasteiger partial charge in [-0.05, 0) is 12.5 Å². The standard InChI is InChI=1S/C15H24F3N7O.HI/c16-15(17,18)12-2-4-22-14(24-12)23-6-5-21-13(19)20-3-1-7-25-8-10-26-11-9-25;/h2,4H,1,3,5-11H2,(H3,19,20,21)(H,22,23,24);1H. The average Bonchev–Trinajstić information content (AvgIpc) is 2.63. The average molecular weight is 503 g/mol. The molecular formula is C15H25F3IN7O. The fourth-order valence-corrected chi connectivity index (χ4v) is 2.34. The molecular weight excluding hydrogens is 478 g/mol. The molecule has 0 aromatic carbocycles. The van der Waals surface area contributed by atoms with E-state index in [1.54, 1.807) is 0 Å². The van der Waals surface area contributed by atoms with Gasteiger partial charge in [0.15, 0.2) is 5.96 Å². The lowest BCUT2D eigenvalue weighted by atomic mass is 10.3. The SMILES string of the molecule is I.NC(=NCCCN1CCOCC1)NCCNc1nccc(C(F)(F)F)n1. The maximum atomic E-state index is 12.6. The van der Waals surface area contributed by atoms with E-state index in [4.69, 9.17) is 10.5 Å². The van der Waals surface area contributed by atoms with E-state index in [2.05, 4.69) is 30.5 Å². The summed E-state index contributed by atoms with van der Waals surface area (Å²) in [6, 6.07) is 0.824. The van der Waals surface area contributed by atoms with Crippen molar-refractivity contribution in [2.45, 2.75) is 12.6 Å². The lowest BCUT2D eigenvalue weighted by molar-refractivity contribution is -0.141. The minimum absolute atomic E-state index is 0. The number of halogens is 4. The molecule has 0 saturated carbocycles. The third-order valence-electron chi connectivity index (χ3n) is 3.68. The predicted molar refractivity (Wildman–Crippen MR) is 107 cm³/mol. The van der Waals surface area contributed by atoms with Crippen LogP contribution in [-0.2, 0) is 10.9 Å². The van der Waals surface area contributed by atoms with Crippen molar-refractivity contribution in [3.8, 4) is 0 Å². The van der Waals surface area contributed by atoms with Crippen LogP contribution in [0.15, 0.2) is 17.3 Å². The molecule has 0 bridgehead atoms. The molecule has 8 nitrogen and oxygen atoms in total. The molecule has 1 aliphatic rings. The third kappa shape index (κ3) is 9.37. The van der Waals surface area contributed by atoms with Crippen LogP contribution >= 0.6 is 24.0 Å². The van der Waals surface area contributed by atoms with E-state index < -0.39 is 11.9 Å². The van der Waals surface area contributed by atoms with Crippen LogP contribution in [-0.4, -0.2) is 73.3 Å². The van der Waals surface area contributed by atoms with Crippen LogP contribution in [0.1, 0.15) is 12.1 Å². The van der Waals surface area contributed by atoms with Crippen molar-refractivity contribution in [2.75, 3.05) is 57.8 Å². The highest BCUT2D eigenvalue weighted by molar-refractivity contribution is 14.0. The Hall–Kier alpha value is -1.41. The molecule has 1 saturated heterocycles. The number of anilines is 1. The topological polar surface area (TPSA) is 101 Å². The zero-order valence-corrected chi connectivity index (χ0v) is 17.2. The molecule has 1 fully saturated rings. The van der Waals surface area contributed by atoms with Crippen LogP contribution < -0.4 is 16.4 Å². The van der Waals surface area contributed by atoms with Gasteiger partial charge in [-0.25, -0.2) is 9.97 Å². The molecule has 154 valence electrons. The van der Waals surface area contributed by atoms with Gasteiger partial charge in [0, 0.05) is 45.5 Å². The maximum Gasteiger partial charge on any atom is 0.433 e. The van der Waals surface area contributed by atoms with Crippen LogP contribution in [0, 0.1) is 0 Å². The lowest BCUT2D eigenvalue weighted by Gasteiger charge is -2.26. The predicted octanol–water partition coefficient (Wildman–Crippen LogP) is 1.15. The van der Waals surface area contributed by atoms with Gasteiger partial charge in [-0.1, -0.05) is 0 Å². The molecule has 2 heterocycles. The second-order valence-corrected chi connectivity index (χ2v) is 5.69. The van der Waals surface area contributed by atoms with Gasteiger partial charge in [0.25, 0.3) is 0 Å². The summed E-state index contributed by atoms with van der Waals surface area (Å²) in [6.45, 7) is 5.70. The van der Waals surface area contributed by atoms with Crippen LogP contribution in [0.3, 0.4) is 0 Å². The smallest absolute Gasteiger partial charge is 0.379 e. The number of nitrogens with zero attached hydrogens (tertiary/aromatic N) is 4.